The van der Waals surface area contributed by atoms with E-state index in [-0.39, 0.29) is 5.92 Å². The predicted molar refractivity (Wildman–Crippen MR) is 105 cm³/mol. The summed E-state index contributed by atoms with van der Waals surface area (Å²) in [6.45, 7) is 8.47. The number of nitrogen functional groups attached to an aromatic ring is 1. The SMILES string of the molecule is CCOCCN1Cc2c(Cl)cc(CC)cc2C(c2cccc(N)c2)C1. The van der Waals surface area contributed by atoms with Crippen LogP contribution in [-0.4, -0.2) is 31.2 Å². The molecule has 0 fully saturated rings. The number of nitrogens with zero attached hydrogens (tertiary/aromatic N) is 1. The van der Waals surface area contributed by atoms with Crippen molar-refractivity contribution < 1.29 is 4.74 Å². The van der Waals surface area contributed by atoms with Crippen LogP contribution in [-0.2, 0) is 17.7 Å². The van der Waals surface area contributed by atoms with Gasteiger partial charge in [0.25, 0.3) is 0 Å². The van der Waals surface area contributed by atoms with E-state index in [9.17, 15) is 0 Å². The Balaban J connectivity index is 1.99. The second-order valence-electron chi connectivity index (χ2n) is 6.65. The third-order valence-corrected chi connectivity index (χ3v) is 5.30. The van der Waals surface area contributed by atoms with Crippen LogP contribution >= 0.6 is 11.6 Å². The van der Waals surface area contributed by atoms with Crippen LogP contribution in [0.25, 0.3) is 0 Å². The number of fused-ring (bicyclic) bond motifs is 1. The van der Waals surface area contributed by atoms with E-state index in [0.717, 1.165) is 50.0 Å². The van der Waals surface area contributed by atoms with E-state index in [0.29, 0.717) is 0 Å². The van der Waals surface area contributed by atoms with E-state index in [2.05, 4.69) is 36.1 Å². The Labute approximate surface area is 155 Å². The summed E-state index contributed by atoms with van der Waals surface area (Å²) >= 11 is 6.65. The first kappa shape index (κ1) is 18.2. The van der Waals surface area contributed by atoms with E-state index in [4.69, 9.17) is 22.1 Å². The van der Waals surface area contributed by atoms with Crippen molar-refractivity contribution in [1.29, 1.82) is 0 Å². The lowest BCUT2D eigenvalue weighted by molar-refractivity contribution is 0.106. The highest BCUT2D eigenvalue weighted by molar-refractivity contribution is 6.31. The van der Waals surface area contributed by atoms with Crippen LogP contribution in [0.2, 0.25) is 5.02 Å². The summed E-state index contributed by atoms with van der Waals surface area (Å²) in [7, 11) is 0. The highest BCUT2D eigenvalue weighted by Crippen LogP contribution is 2.38. The van der Waals surface area contributed by atoms with E-state index >= 15 is 0 Å². The number of benzene rings is 2. The first-order valence-corrected chi connectivity index (χ1v) is 9.46. The van der Waals surface area contributed by atoms with Gasteiger partial charge in [-0.25, -0.2) is 0 Å². The van der Waals surface area contributed by atoms with Gasteiger partial charge >= 0.3 is 0 Å². The van der Waals surface area contributed by atoms with Crippen LogP contribution in [0.4, 0.5) is 5.69 Å². The summed E-state index contributed by atoms with van der Waals surface area (Å²) in [5, 5.41) is 0.879. The number of aryl methyl sites for hydroxylation is 1. The van der Waals surface area contributed by atoms with Crippen LogP contribution in [0.3, 0.4) is 0 Å². The quantitative estimate of drug-likeness (QED) is 0.611. The molecule has 0 saturated carbocycles. The number of nitrogens with two attached hydrogens (primary N) is 1. The van der Waals surface area contributed by atoms with Crippen LogP contribution in [0, 0.1) is 0 Å². The average molecular weight is 359 g/mol. The summed E-state index contributed by atoms with van der Waals surface area (Å²) in [5.74, 6) is 0.290. The molecule has 1 unspecified atom stereocenters. The summed E-state index contributed by atoms with van der Waals surface area (Å²) in [4.78, 5) is 2.43. The lowest BCUT2D eigenvalue weighted by atomic mass is 9.83. The molecule has 134 valence electrons. The lowest BCUT2D eigenvalue weighted by Crippen LogP contribution is -2.36. The van der Waals surface area contributed by atoms with Crippen LogP contribution in [0.1, 0.15) is 42.0 Å². The van der Waals surface area contributed by atoms with Crippen LogP contribution in [0.5, 0.6) is 0 Å². The normalized spacial score (nSPS) is 17.5. The number of hydrogen-bond donors (Lipinski definition) is 1. The van der Waals surface area contributed by atoms with Gasteiger partial charge in [0.05, 0.1) is 6.61 Å². The minimum absolute atomic E-state index is 0.290. The first-order chi connectivity index (χ1) is 12.1. The molecule has 0 saturated heterocycles. The Kier molecular flexibility index (Phi) is 6.00. The van der Waals surface area contributed by atoms with Gasteiger partial charge in [0.2, 0.25) is 0 Å². The maximum atomic E-state index is 6.65. The van der Waals surface area contributed by atoms with Gasteiger partial charge in [-0.15, -0.1) is 0 Å². The van der Waals surface area contributed by atoms with E-state index in [1.165, 1.54) is 22.3 Å². The molecular weight excluding hydrogens is 332 g/mol. The van der Waals surface area contributed by atoms with Crippen molar-refractivity contribution in [3.8, 4) is 0 Å². The molecule has 1 heterocycles. The fourth-order valence-electron chi connectivity index (χ4n) is 3.61. The van der Waals surface area contributed by atoms with Crippen molar-refractivity contribution in [2.24, 2.45) is 0 Å². The molecule has 3 nitrogen and oxygen atoms in total. The van der Waals surface area contributed by atoms with Crippen molar-refractivity contribution in [1.82, 2.24) is 4.90 Å². The third kappa shape index (κ3) is 4.17. The average Bonchev–Trinajstić information content (AvgIpc) is 2.61. The number of ether oxygens (including phenoxy) is 1. The van der Waals surface area contributed by atoms with Gasteiger partial charge in [-0.1, -0.05) is 36.7 Å². The Hall–Kier alpha value is -1.55. The van der Waals surface area contributed by atoms with Gasteiger partial charge in [0, 0.05) is 42.9 Å². The Morgan fingerprint density at radius 2 is 2.08 bits per heavy atom. The van der Waals surface area contributed by atoms with Gasteiger partial charge in [0.15, 0.2) is 0 Å². The molecule has 4 heteroatoms. The summed E-state index contributed by atoms with van der Waals surface area (Å²) in [5.41, 5.74) is 12.0. The fraction of sp³-hybridized carbons (Fsp3) is 0.429. The number of halogens is 1. The third-order valence-electron chi connectivity index (χ3n) is 4.96. The van der Waals surface area contributed by atoms with E-state index in [1.54, 1.807) is 0 Å². The zero-order chi connectivity index (χ0) is 17.8. The first-order valence-electron chi connectivity index (χ1n) is 9.09. The lowest BCUT2D eigenvalue weighted by Gasteiger charge is -2.36. The topological polar surface area (TPSA) is 38.5 Å². The summed E-state index contributed by atoms with van der Waals surface area (Å²) < 4.78 is 5.56. The number of anilines is 1. The Bertz CT molecular complexity index is 732. The molecule has 0 aromatic heterocycles. The standard InChI is InChI=1S/C21H27ClN2O/c1-3-15-10-18-19(16-6-5-7-17(23)12-16)13-24(8-9-25-4-2)14-20(18)21(22)11-15/h5-7,10-12,19H,3-4,8-9,13-14,23H2,1-2H3. The fourth-order valence-corrected chi connectivity index (χ4v) is 3.92. The molecule has 0 bridgehead atoms. The monoisotopic (exact) mass is 358 g/mol. The van der Waals surface area contributed by atoms with E-state index < -0.39 is 0 Å². The maximum absolute atomic E-state index is 6.65. The summed E-state index contributed by atoms with van der Waals surface area (Å²) in [6.07, 6.45) is 0.991. The van der Waals surface area contributed by atoms with Crippen molar-refractivity contribution in [2.75, 3.05) is 32.0 Å². The molecular formula is C21H27ClN2O. The van der Waals surface area contributed by atoms with E-state index in [1.807, 2.05) is 19.1 Å². The summed E-state index contributed by atoms with van der Waals surface area (Å²) in [6, 6.07) is 12.7. The van der Waals surface area contributed by atoms with Gasteiger partial charge in [-0.3, -0.25) is 4.90 Å². The Morgan fingerprint density at radius 1 is 1.24 bits per heavy atom. The molecule has 3 rings (SSSR count). The zero-order valence-electron chi connectivity index (χ0n) is 15.1. The molecule has 0 spiro atoms. The highest BCUT2D eigenvalue weighted by atomic mass is 35.5. The molecule has 1 atom stereocenters. The van der Waals surface area contributed by atoms with Crippen molar-refractivity contribution in [3.63, 3.8) is 0 Å². The smallest absolute Gasteiger partial charge is 0.0593 e. The molecule has 1 aliphatic rings. The molecule has 0 aliphatic carbocycles. The molecule has 2 N–H and O–H groups in total. The number of rotatable bonds is 6. The highest BCUT2D eigenvalue weighted by Gasteiger charge is 2.28. The molecule has 1 aliphatic heterocycles. The minimum Gasteiger partial charge on any atom is -0.399 e. The molecule has 2 aromatic rings. The Morgan fingerprint density at radius 3 is 2.80 bits per heavy atom. The molecule has 0 radical (unpaired) electrons. The predicted octanol–water partition coefficient (Wildman–Crippen LogP) is 4.47. The van der Waals surface area contributed by atoms with Crippen molar-refractivity contribution in [3.05, 3.63) is 63.7 Å². The second-order valence-corrected chi connectivity index (χ2v) is 7.06. The molecule has 25 heavy (non-hydrogen) atoms. The largest absolute Gasteiger partial charge is 0.399 e. The van der Waals surface area contributed by atoms with Gasteiger partial charge in [-0.2, -0.15) is 0 Å². The van der Waals surface area contributed by atoms with Crippen LogP contribution < -0.4 is 5.73 Å². The van der Waals surface area contributed by atoms with Crippen molar-refractivity contribution >= 4 is 17.3 Å². The number of hydrogen-bond acceptors (Lipinski definition) is 3. The molecule has 0 amide bonds. The molecule has 2 aromatic carbocycles. The zero-order valence-corrected chi connectivity index (χ0v) is 15.9. The van der Waals surface area contributed by atoms with Gasteiger partial charge < -0.3 is 10.5 Å². The van der Waals surface area contributed by atoms with Gasteiger partial charge in [0.1, 0.15) is 0 Å². The maximum Gasteiger partial charge on any atom is 0.0593 e. The minimum atomic E-state index is 0.290. The second kappa shape index (κ2) is 8.22. The van der Waals surface area contributed by atoms with Crippen LogP contribution in [0.15, 0.2) is 36.4 Å². The van der Waals surface area contributed by atoms with Crippen molar-refractivity contribution in [2.45, 2.75) is 32.7 Å². The van der Waals surface area contributed by atoms with Gasteiger partial charge in [-0.05, 0) is 53.8 Å².